The van der Waals surface area contributed by atoms with Gasteiger partial charge in [0.1, 0.15) is 5.01 Å². The van der Waals surface area contributed by atoms with Gasteiger partial charge in [0.25, 0.3) is 5.91 Å². The van der Waals surface area contributed by atoms with Crippen LogP contribution in [0.25, 0.3) is 11.3 Å². The lowest BCUT2D eigenvalue weighted by atomic mass is 10.2. The van der Waals surface area contributed by atoms with E-state index in [2.05, 4.69) is 15.3 Å². The van der Waals surface area contributed by atoms with Gasteiger partial charge in [-0.25, -0.2) is 13.4 Å². The van der Waals surface area contributed by atoms with E-state index in [0.29, 0.717) is 12.1 Å². The first-order chi connectivity index (χ1) is 13.8. The molecule has 7 nitrogen and oxygen atoms in total. The van der Waals surface area contributed by atoms with Crippen LogP contribution in [0.4, 0.5) is 0 Å². The van der Waals surface area contributed by atoms with E-state index in [1.54, 1.807) is 26.2 Å². The van der Waals surface area contributed by atoms with Crippen LogP contribution in [-0.2, 0) is 16.6 Å². The molecule has 1 amide bonds. The van der Waals surface area contributed by atoms with Crippen LogP contribution < -0.4 is 5.32 Å². The summed E-state index contributed by atoms with van der Waals surface area (Å²) in [6.45, 7) is 3.90. The summed E-state index contributed by atoms with van der Waals surface area (Å²) in [5.41, 5.74) is 2.20. The number of nitrogens with zero attached hydrogens (tertiary/aromatic N) is 3. The number of sulfonamides is 1. The lowest BCUT2D eigenvalue weighted by molar-refractivity contribution is 0.0950. The third kappa shape index (κ3) is 4.87. The normalized spacial score (nSPS) is 11.8. The van der Waals surface area contributed by atoms with Gasteiger partial charge in [-0.05, 0) is 50.2 Å². The van der Waals surface area contributed by atoms with Gasteiger partial charge in [0, 0.05) is 42.0 Å². The third-order valence-corrected chi connectivity index (χ3v) is 7.35. The fraction of sp³-hybridized carbons (Fsp3) is 0.250. The smallest absolute Gasteiger partial charge is 0.251 e. The predicted molar refractivity (Wildman–Crippen MR) is 113 cm³/mol. The van der Waals surface area contributed by atoms with Gasteiger partial charge in [0.05, 0.1) is 17.1 Å². The number of aromatic nitrogens is 2. The lowest BCUT2D eigenvalue weighted by Gasteiger charge is -2.21. The molecule has 0 unspecified atom stereocenters. The lowest BCUT2D eigenvalue weighted by Crippen LogP contribution is -2.33. The molecule has 0 fully saturated rings. The number of carbonyl (C=O) groups is 1. The number of amides is 1. The topological polar surface area (TPSA) is 92.3 Å². The summed E-state index contributed by atoms with van der Waals surface area (Å²) in [5, 5.41) is 5.53. The highest BCUT2D eigenvalue weighted by molar-refractivity contribution is 7.89. The maximum absolute atomic E-state index is 12.5. The maximum Gasteiger partial charge on any atom is 0.251 e. The molecule has 3 rings (SSSR count). The number of pyridine rings is 1. The van der Waals surface area contributed by atoms with Crippen molar-refractivity contribution in [2.24, 2.45) is 0 Å². The predicted octanol–water partition coefficient (Wildman–Crippen LogP) is 3.16. The van der Waals surface area contributed by atoms with E-state index < -0.39 is 10.0 Å². The molecule has 3 aromatic rings. The number of hydrogen-bond acceptors (Lipinski definition) is 6. The Morgan fingerprint density at radius 1 is 1.14 bits per heavy atom. The van der Waals surface area contributed by atoms with Crippen LogP contribution in [0.1, 0.15) is 29.2 Å². The van der Waals surface area contributed by atoms with Crippen molar-refractivity contribution in [1.29, 1.82) is 0 Å². The Kier molecular flexibility index (Phi) is 6.41. The standard InChI is InChI=1S/C20H22N4O3S2/c1-14(2)24(3)29(26,27)17-6-4-16(5-7-17)20(25)22-12-19-23-18(13-28-19)15-8-10-21-11-9-15/h4-11,13-14H,12H2,1-3H3,(H,22,25). The summed E-state index contributed by atoms with van der Waals surface area (Å²) in [6, 6.07) is 9.54. The highest BCUT2D eigenvalue weighted by Gasteiger charge is 2.23. The molecular weight excluding hydrogens is 408 g/mol. The monoisotopic (exact) mass is 430 g/mol. The van der Waals surface area contributed by atoms with Crippen LogP contribution in [0.5, 0.6) is 0 Å². The van der Waals surface area contributed by atoms with Crippen molar-refractivity contribution in [3.63, 3.8) is 0 Å². The van der Waals surface area contributed by atoms with E-state index in [0.717, 1.165) is 16.3 Å². The average Bonchev–Trinajstić information content (AvgIpc) is 3.21. The molecule has 29 heavy (non-hydrogen) atoms. The minimum Gasteiger partial charge on any atom is -0.346 e. The molecule has 0 radical (unpaired) electrons. The average molecular weight is 431 g/mol. The van der Waals surface area contributed by atoms with Crippen LogP contribution in [0.15, 0.2) is 59.1 Å². The van der Waals surface area contributed by atoms with E-state index in [1.165, 1.54) is 47.0 Å². The molecule has 1 aromatic carbocycles. The third-order valence-electron chi connectivity index (χ3n) is 4.45. The molecule has 0 atom stereocenters. The maximum atomic E-state index is 12.5. The largest absolute Gasteiger partial charge is 0.346 e. The molecule has 152 valence electrons. The van der Waals surface area contributed by atoms with Crippen molar-refractivity contribution >= 4 is 27.3 Å². The van der Waals surface area contributed by atoms with E-state index in [-0.39, 0.29) is 16.8 Å². The molecule has 2 aromatic heterocycles. The first kappa shape index (κ1) is 21.1. The number of thiazole rings is 1. The van der Waals surface area contributed by atoms with Gasteiger partial charge in [-0.15, -0.1) is 11.3 Å². The molecule has 0 aliphatic heterocycles. The molecular formula is C20H22N4O3S2. The van der Waals surface area contributed by atoms with Crippen molar-refractivity contribution in [2.45, 2.75) is 31.3 Å². The zero-order valence-corrected chi connectivity index (χ0v) is 18.0. The highest BCUT2D eigenvalue weighted by Crippen LogP contribution is 2.21. The Morgan fingerprint density at radius 2 is 1.79 bits per heavy atom. The molecule has 0 saturated heterocycles. The van der Waals surface area contributed by atoms with Gasteiger partial charge in [0.2, 0.25) is 10.0 Å². The van der Waals surface area contributed by atoms with Crippen LogP contribution >= 0.6 is 11.3 Å². The van der Waals surface area contributed by atoms with Gasteiger partial charge in [-0.2, -0.15) is 4.31 Å². The first-order valence-corrected chi connectivity index (χ1v) is 11.3. The Hall–Kier alpha value is -2.62. The van der Waals surface area contributed by atoms with Gasteiger partial charge in [-0.1, -0.05) is 0 Å². The summed E-state index contributed by atoms with van der Waals surface area (Å²) < 4.78 is 26.3. The Balaban J connectivity index is 1.64. The second-order valence-corrected chi connectivity index (χ2v) is 9.62. The van der Waals surface area contributed by atoms with E-state index in [9.17, 15) is 13.2 Å². The molecule has 0 bridgehead atoms. The van der Waals surface area contributed by atoms with E-state index >= 15 is 0 Å². The summed E-state index contributed by atoms with van der Waals surface area (Å²) in [7, 11) is -2.03. The molecule has 0 spiro atoms. The van der Waals surface area contributed by atoms with E-state index in [1.807, 2.05) is 17.5 Å². The molecule has 0 aliphatic rings. The summed E-state index contributed by atoms with van der Waals surface area (Å²) in [5.74, 6) is -0.285. The number of nitrogens with one attached hydrogen (secondary N) is 1. The van der Waals surface area contributed by atoms with Gasteiger partial charge < -0.3 is 5.32 Å². The van der Waals surface area contributed by atoms with Crippen molar-refractivity contribution in [3.05, 3.63) is 64.7 Å². The van der Waals surface area contributed by atoms with Crippen molar-refractivity contribution in [1.82, 2.24) is 19.6 Å². The van der Waals surface area contributed by atoms with Crippen LogP contribution in [0.2, 0.25) is 0 Å². The quantitative estimate of drug-likeness (QED) is 0.622. The summed E-state index contributed by atoms with van der Waals surface area (Å²) >= 11 is 1.46. The van der Waals surface area contributed by atoms with Crippen LogP contribution in [-0.4, -0.2) is 41.7 Å². The fourth-order valence-corrected chi connectivity index (χ4v) is 4.64. The Labute approximate surface area is 174 Å². The summed E-state index contributed by atoms with van der Waals surface area (Å²) in [4.78, 5) is 21.1. The summed E-state index contributed by atoms with van der Waals surface area (Å²) in [6.07, 6.45) is 3.41. The SMILES string of the molecule is CC(C)N(C)S(=O)(=O)c1ccc(C(=O)NCc2nc(-c3ccncc3)cs2)cc1. The molecule has 0 saturated carbocycles. The van der Waals surface area contributed by atoms with E-state index in [4.69, 9.17) is 0 Å². The van der Waals surface area contributed by atoms with Crippen LogP contribution in [0, 0.1) is 0 Å². The van der Waals surface area contributed by atoms with Crippen LogP contribution in [0.3, 0.4) is 0 Å². The van der Waals surface area contributed by atoms with Crippen molar-refractivity contribution < 1.29 is 13.2 Å². The molecule has 2 heterocycles. The van der Waals surface area contributed by atoms with Crippen molar-refractivity contribution in [3.8, 4) is 11.3 Å². The minimum atomic E-state index is -3.57. The minimum absolute atomic E-state index is 0.154. The molecule has 0 aliphatic carbocycles. The van der Waals surface area contributed by atoms with Gasteiger partial charge in [-0.3, -0.25) is 9.78 Å². The zero-order valence-electron chi connectivity index (χ0n) is 16.4. The second-order valence-electron chi connectivity index (χ2n) is 6.68. The van der Waals surface area contributed by atoms with Gasteiger partial charge in [0.15, 0.2) is 0 Å². The number of rotatable bonds is 7. The Morgan fingerprint density at radius 3 is 2.41 bits per heavy atom. The Bertz CT molecular complexity index is 1080. The number of hydrogen-bond donors (Lipinski definition) is 1. The number of benzene rings is 1. The van der Waals surface area contributed by atoms with Gasteiger partial charge >= 0.3 is 0 Å². The fourth-order valence-electron chi connectivity index (χ4n) is 2.53. The second kappa shape index (κ2) is 8.81. The zero-order chi connectivity index (χ0) is 21.0. The van der Waals surface area contributed by atoms with Crippen molar-refractivity contribution in [2.75, 3.05) is 7.05 Å². The molecule has 9 heteroatoms. The first-order valence-electron chi connectivity index (χ1n) is 9.00. The highest BCUT2D eigenvalue weighted by atomic mass is 32.2. The molecule has 1 N–H and O–H groups in total. The number of carbonyl (C=O) groups excluding carboxylic acids is 1.